The molecular formula is C16H14BrN3O3S. The van der Waals surface area contributed by atoms with Crippen molar-refractivity contribution >= 4 is 52.3 Å². The van der Waals surface area contributed by atoms with Gasteiger partial charge in [-0.05, 0) is 48.9 Å². The molecule has 0 fully saturated rings. The van der Waals surface area contributed by atoms with Crippen molar-refractivity contribution in [1.29, 1.82) is 0 Å². The number of carbonyl (C=O) groups is 3. The summed E-state index contributed by atoms with van der Waals surface area (Å²) in [4.78, 5) is 35.3. The number of nitrogens with two attached hydrogens (primary N) is 1. The second kappa shape index (κ2) is 7.50. The minimum atomic E-state index is -0.716. The third-order valence-electron chi connectivity index (χ3n) is 3.24. The van der Waals surface area contributed by atoms with Gasteiger partial charge >= 0.3 is 6.03 Å². The molecule has 0 aliphatic rings. The summed E-state index contributed by atoms with van der Waals surface area (Å²) in [5, 5.41) is 2.24. The number of rotatable bonds is 3. The molecule has 2 aromatic carbocycles. The van der Waals surface area contributed by atoms with Crippen LogP contribution in [0.2, 0.25) is 0 Å². The number of carbonyl (C=O) groups excluding carboxylic acids is 3. The lowest BCUT2D eigenvalue weighted by atomic mass is 10.1. The Bertz CT molecular complexity index is 809. The van der Waals surface area contributed by atoms with Crippen molar-refractivity contribution in [3.63, 3.8) is 0 Å². The highest BCUT2D eigenvalue weighted by Crippen LogP contribution is 2.19. The van der Waals surface area contributed by atoms with Crippen molar-refractivity contribution in [3.05, 3.63) is 63.6 Å². The number of benzene rings is 2. The number of nitrogens with one attached hydrogen (secondary N) is 1. The van der Waals surface area contributed by atoms with Gasteiger partial charge in [0.1, 0.15) is 0 Å². The van der Waals surface area contributed by atoms with Crippen molar-refractivity contribution in [2.75, 3.05) is 4.31 Å². The van der Waals surface area contributed by atoms with E-state index in [2.05, 4.69) is 34.1 Å². The monoisotopic (exact) mass is 407 g/mol. The van der Waals surface area contributed by atoms with E-state index in [1.807, 2.05) is 6.92 Å². The minimum Gasteiger partial charge on any atom is -0.366 e. The molecule has 0 atom stereocenters. The Balaban J connectivity index is 2.09. The third-order valence-corrected chi connectivity index (χ3v) is 4.51. The lowest BCUT2D eigenvalue weighted by molar-refractivity contribution is 0.0964. The summed E-state index contributed by atoms with van der Waals surface area (Å²) in [7, 11) is 0. The van der Waals surface area contributed by atoms with Gasteiger partial charge in [-0.2, -0.15) is 0 Å². The first-order valence-corrected chi connectivity index (χ1v) is 7.99. The normalized spacial score (nSPS) is 10.1. The van der Waals surface area contributed by atoms with Crippen LogP contribution in [0.5, 0.6) is 0 Å². The van der Waals surface area contributed by atoms with Gasteiger partial charge in [0, 0.05) is 15.6 Å². The standard InChI is InChI=1S/C16H14BrN3O3S/c1-9-2-3-11(8-13(9)17)15(22)19-16(23)20(24)12-6-4-10(5-7-12)14(18)21/h2-8,24H,1H3,(H2,18,21)(H,19,22,23). The molecule has 6 nitrogen and oxygen atoms in total. The van der Waals surface area contributed by atoms with E-state index >= 15 is 0 Å². The van der Waals surface area contributed by atoms with Crippen LogP contribution in [-0.2, 0) is 0 Å². The van der Waals surface area contributed by atoms with E-state index < -0.39 is 17.8 Å². The average molecular weight is 408 g/mol. The number of thiol groups is 1. The molecule has 0 aromatic heterocycles. The topological polar surface area (TPSA) is 92.5 Å². The van der Waals surface area contributed by atoms with Crippen LogP contribution < -0.4 is 15.4 Å². The van der Waals surface area contributed by atoms with Crippen molar-refractivity contribution in [2.45, 2.75) is 6.92 Å². The molecule has 3 N–H and O–H groups in total. The number of amides is 4. The third kappa shape index (κ3) is 4.15. The van der Waals surface area contributed by atoms with Gasteiger partial charge in [-0.15, -0.1) is 0 Å². The van der Waals surface area contributed by atoms with Crippen molar-refractivity contribution in [1.82, 2.24) is 5.32 Å². The van der Waals surface area contributed by atoms with E-state index in [-0.39, 0.29) is 0 Å². The maximum Gasteiger partial charge on any atom is 0.338 e. The smallest absolute Gasteiger partial charge is 0.338 e. The number of hydrogen-bond donors (Lipinski definition) is 3. The molecule has 24 heavy (non-hydrogen) atoms. The molecule has 0 spiro atoms. The van der Waals surface area contributed by atoms with E-state index in [0.29, 0.717) is 16.8 Å². The highest BCUT2D eigenvalue weighted by molar-refractivity contribution is 9.10. The quantitative estimate of drug-likeness (QED) is 0.682. The molecule has 0 bridgehead atoms. The first kappa shape index (κ1) is 18.0. The lowest BCUT2D eigenvalue weighted by Crippen LogP contribution is -2.38. The van der Waals surface area contributed by atoms with Gasteiger partial charge < -0.3 is 5.73 Å². The van der Waals surface area contributed by atoms with Crippen LogP contribution in [0.15, 0.2) is 46.9 Å². The van der Waals surface area contributed by atoms with Crippen LogP contribution in [0.1, 0.15) is 26.3 Å². The molecule has 0 aliphatic carbocycles. The second-order valence-electron chi connectivity index (χ2n) is 4.95. The van der Waals surface area contributed by atoms with Crippen molar-refractivity contribution in [2.24, 2.45) is 5.73 Å². The van der Waals surface area contributed by atoms with E-state index in [1.54, 1.807) is 18.2 Å². The highest BCUT2D eigenvalue weighted by Gasteiger charge is 2.17. The highest BCUT2D eigenvalue weighted by atomic mass is 79.9. The van der Waals surface area contributed by atoms with Gasteiger partial charge in [0.15, 0.2) is 0 Å². The van der Waals surface area contributed by atoms with E-state index in [9.17, 15) is 14.4 Å². The van der Waals surface area contributed by atoms with Gasteiger partial charge in [0.05, 0.1) is 5.69 Å². The zero-order chi connectivity index (χ0) is 17.9. The van der Waals surface area contributed by atoms with Gasteiger partial charge in [0.25, 0.3) is 5.91 Å². The van der Waals surface area contributed by atoms with Crippen LogP contribution in [0.4, 0.5) is 10.5 Å². The zero-order valence-corrected chi connectivity index (χ0v) is 15.1. The number of anilines is 1. The fourth-order valence-corrected chi connectivity index (χ4v) is 2.40. The van der Waals surface area contributed by atoms with E-state index in [1.165, 1.54) is 24.3 Å². The maximum atomic E-state index is 12.1. The van der Waals surface area contributed by atoms with Gasteiger partial charge in [-0.3, -0.25) is 14.9 Å². The second-order valence-corrected chi connectivity index (χ2v) is 6.20. The van der Waals surface area contributed by atoms with Crippen molar-refractivity contribution in [3.8, 4) is 0 Å². The summed E-state index contributed by atoms with van der Waals surface area (Å²) in [5.74, 6) is -1.12. The molecule has 0 aliphatic heterocycles. The fraction of sp³-hybridized carbons (Fsp3) is 0.0625. The average Bonchev–Trinajstić information content (AvgIpc) is 2.56. The van der Waals surface area contributed by atoms with Crippen LogP contribution in [0.3, 0.4) is 0 Å². The molecule has 0 saturated heterocycles. The SMILES string of the molecule is Cc1ccc(C(=O)NC(=O)N(S)c2ccc(C(N)=O)cc2)cc1Br. The Hall–Kier alpha value is -2.32. The van der Waals surface area contributed by atoms with Crippen molar-refractivity contribution < 1.29 is 14.4 Å². The lowest BCUT2D eigenvalue weighted by Gasteiger charge is -2.16. The Morgan fingerprint density at radius 2 is 1.67 bits per heavy atom. The maximum absolute atomic E-state index is 12.1. The van der Waals surface area contributed by atoms with Gasteiger partial charge in [-0.1, -0.05) is 34.8 Å². The summed E-state index contributed by atoms with van der Waals surface area (Å²) in [6.07, 6.45) is 0. The van der Waals surface area contributed by atoms with Crippen LogP contribution in [0.25, 0.3) is 0 Å². The summed E-state index contributed by atoms with van der Waals surface area (Å²) in [6.45, 7) is 1.89. The number of aryl methyl sites for hydroxylation is 1. The van der Waals surface area contributed by atoms with E-state index in [4.69, 9.17) is 5.73 Å². The fourth-order valence-electron chi connectivity index (χ4n) is 1.84. The molecule has 0 saturated carbocycles. The van der Waals surface area contributed by atoms with Crippen LogP contribution >= 0.6 is 28.7 Å². The molecule has 0 radical (unpaired) electrons. The van der Waals surface area contributed by atoms with Crippen LogP contribution in [-0.4, -0.2) is 17.8 Å². The van der Waals surface area contributed by atoms with Crippen LogP contribution in [0, 0.1) is 6.92 Å². The van der Waals surface area contributed by atoms with Gasteiger partial charge in [-0.25, -0.2) is 9.10 Å². The van der Waals surface area contributed by atoms with E-state index in [0.717, 1.165) is 14.3 Å². The predicted octanol–water partition coefficient (Wildman–Crippen LogP) is 3.06. The Morgan fingerprint density at radius 1 is 1.08 bits per heavy atom. The molecular weight excluding hydrogens is 394 g/mol. The molecule has 124 valence electrons. The summed E-state index contributed by atoms with van der Waals surface area (Å²) >= 11 is 7.40. The Labute approximate surface area is 152 Å². The number of hydrogen-bond acceptors (Lipinski definition) is 4. The summed E-state index contributed by atoms with van der Waals surface area (Å²) in [5.41, 5.74) is 7.16. The molecule has 2 aromatic rings. The summed E-state index contributed by atoms with van der Waals surface area (Å²) in [6, 6.07) is 10.2. The zero-order valence-electron chi connectivity index (χ0n) is 12.6. The summed E-state index contributed by atoms with van der Waals surface area (Å²) < 4.78 is 1.73. The van der Waals surface area contributed by atoms with Gasteiger partial charge in [0.2, 0.25) is 5.91 Å². The molecule has 2 rings (SSSR count). The number of nitrogens with zero attached hydrogens (tertiary/aromatic N) is 1. The number of imide groups is 1. The number of primary amides is 1. The molecule has 4 amide bonds. The number of halogens is 1. The number of urea groups is 1. The Kier molecular flexibility index (Phi) is 5.63. The minimum absolute atomic E-state index is 0.307. The molecule has 8 heteroatoms. The Morgan fingerprint density at radius 3 is 2.21 bits per heavy atom. The molecule has 0 heterocycles. The molecule has 0 unspecified atom stereocenters. The first-order valence-electron chi connectivity index (χ1n) is 6.80. The first-order chi connectivity index (χ1) is 11.3. The predicted molar refractivity (Wildman–Crippen MR) is 98.2 cm³/mol. The largest absolute Gasteiger partial charge is 0.366 e.